The van der Waals surface area contributed by atoms with Crippen molar-refractivity contribution >= 4 is 46.6 Å². The zero-order valence-electron chi connectivity index (χ0n) is 15.1. The van der Waals surface area contributed by atoms with Gasteiger partial charge in [0.2, 0.25) is 11.8 Å². The summed E-state index contributed by atoms with van der Waals surface area (Å²) < 4.78 is 5.37. The number of benzene rings is 2. The van der Waals surface area contributed by atoms with E-state index in [1.807, 2.05) is 31.2 Å². The van der Waals surface area contributed by atoms with Gasteiger partial charge in [-0.25, -0.2) is 0 Å². The standard InChI is InChI=1S/C20H21N3O3S/c1-3-26-18-10-7-15(8-11-18)9-12-19(25)23-20(27)22-17-6-4-5-16(13-17)21-14(2)24/h4-13H,3H2,1-2H3,(H,21,24)(H2,22,23,25,27)/b12-9+. The van der Waals surface area contributed by atoms with Gasteiger partial charge in [-0.05, 0) is 61.1 Å². The lowest BCUT2D eigenvalue weighted by Gasteiger charge is -2.10. The molecule has 0 aliphatic rings. The second kappa shape index (κ2) is 10.1. The minimum atomic E-state index is -0.348. The Labute approximate surface area is 163 Å². The second-order valence-corrected chi connectivity index (χ2v) is 5.95. The minimum Gasteiger partial charge on any atom is -0.494 e. The molecule has 27 heavy (non-hydrogen) atoms. The third-order valence-corrected chi connectivity index (χ3v) is 3.50. The van der Waals surface area contributed by atoms with Gasteiger partial charge in [0.25, 0.3) is 0 Å². The molecule has 0 saturated carbocycles. The van der Waals surface area contributed by atoms with Crippen LogP contribution in [0.1, 0.15) is 19.4 Å². The largest absolute Gasteiger partial charge is 0.494 e. The number of amides is 2. The molecule has 0 saturated heterocycles. The van der Waals surface area contributed by atoms with Crippen LogP contribution in [-0.2, 0) is 9.59 Å². The Morgan fingerprint density at radius 3 is 2.37 bits per heavy atom. The van der Waals surface area contributed by atoms with Gasteiger partial charge in [0.1, 0.15) is 5.75 Å². The molecule has 0 spiro atoms. The molecule has 2 amide bonds. The molecule has 0 aliphatic carbocycles. The highest BCUT2D eigenvalue weighted by molar-refractivity contribution is 7.80. The monoisotopic (exact) mass is 383 g/mol. The number of rotatable bonds is 6. The minimum absolute atomic E-state index is 0.163. The lowest BCUT2D eigenvalue weighted by molar-refractivity contribution is -0.115. The number of carbonyl (C=O) groups excluding carboxylic acids is 2. The molecular weight excluding hydrogens is 362 g/mol. The van der Waals surface area contributed by atoms with Crippen LogP contribution in [0.3, 0.4) is 0 Å². The molecule has 0 unspecified atom stereocenters. The van der Waals surface area contributed by atoms with Crippen LogP contribution in [0, 0.1) is 0 Å². The maximum atomic E-state index is 12.0. The Hall–Kier alpha value is -3.19. The number of anilines is 2. The SMILES string of the molecule is CCOc1ccc(/C=C/C(=O)NC(=S)Nc2cccc(NC(C)=O)c2)cc1. The smallest absolute Gasteiger partial charge is 0.250 e. The van der Waals surface area contributed by atoms with E-state index in [1.54, 1.807) is 30.3 Å². The van der Waals surface area contributed by atoms with E-state index < -0.39 is 0 Å². The van der Waals surface area contributed by atoms with Crippen LogP contribution in [0.2, 0.25) is 0 Å². The maximum Gasteiger partial charge on any atom is 0.250 e. The first kappa shape index (κ1) is 20.1. The molecule has 0 radical (unpaired) electrons. The number of hydrogen-bond acceptors (Lipinski definition) is 4. The normalized spacial score (nSPS) is 10.3. The summed E-state index contributed by atoms with van der Waals surface area (Å²) in [5.41, 5.74) is 2.16. The van der Waals surface area contributed by atoms with Crippen LogP contribution in [0.15, 0.2) is 54.6 Å². The predicted molar refractivity (Wildman–Crippen MR) is 112 cm³/mol. The molecule has 0 heterocycles. The number of nitrogens with one attached hydrogen (secondary N) is 3. The molecule has 0 bridgehead atoms. The van der Waals surface area contributed by atoms with Crippen LogP contribution in [0.4, 0.5) is 11.4 Å². The second-order valence-electron chi connectivity index (χ2n) is 5.54. The fourth-order valence-corrected chi connectivity index (χ4v) is 2.43. The average molecular weight is 383 g/mol. The lowest BCUT2D eigenvalue weighted by Crippen LogP contribution is -2.32. The van der Waals surface area contributed by atoms with E-state index in [1.165, 1.54) is 13.0 Å². The quantitative estimate of drug-likeness (QED) is 0.525. The summed E-state index contributed by atoms with van der Waals surface area (Å²) in [6.45, 7) is 3.96. The fraction of sp³-hybridized carbons (Fsp3) is 0.150. The molecule has 6 nitrogen and oxygen atoms in total. The van der Waals surface area contributed by atoms with Gasteiger partial charge in [-0.15, -0.1) is 0 Å². The third kappa shape index (κ3) is 7.29. The van der Waals surface area contributed by atoms with Gasteiger partial charge in [-0.1, -0.05) is 18.2 Å². The molecule has 0 fully saturated rings. The highest BCUT2D eigenvalue weighted by Gasteiger charge is 2.03. The topological polar surface area (TPSA) is 79.5 Å². The Bertz CT molecular complexity index is 848. The maximum absolute atomic E-state index is 12.0. The van der Waals surface area contributed by atoms with E-state index >= 15 is 0 Å². The molecule has 3 N–H and O–H groups in total. The summed E-state index contributed by atoms with van der Waals surface area (Å²) >= 11 is 5.14. The van der Waals surface area contributed by atoms with Crippen molar-refractivity contribution in [3.63, 3.8) is 0 Å². The third-order valence-electron chi connectivity index (χ3n) is 3.30. The van der Waals surface area contributed by atoms with Gasteiger partial charge in [-0.3, -0.25) is 14.9 Å². The summed E-state index contributed by atoms with van der Waals surface area (Å²) in [5.74, 6) is 0.271. The van der Waals surface area contributed by atoms with Crippen molar-refractivity contribution in [2.75, 3.05) is 17.2 Å². The van der Waals surface area contributed by atoms with E-state index in [-0.39, 0.29) is 16.9 Å². The molecule has 2 aromatic rings. The van der Waals surface area contributed by atoms with E-state index in [0.29, 0.717) is 18.0 Å². The Kier molecular flexibility index (Phi) is 7.51. The number of hydrogen-bond donors (Lipinski definition) is 3. The van der Waals surface area contributed by atoms with E-state index in [9.17, 15) is 9.59 Å². The molecule has 0 aliphatic heterocycles. The average Bonchev–Trinajstić information content (AvgIpc) is 2.61. The van der Waals surface area contributed by atoms with Gasteiger partial charge in [0.15, 0.2) is 5.11 Å². The van der Waals surface area contributed by atoms with Crippen LogP contribution >= 0.6 is 12.2 Å². The highest BCUT2D eigenvalue weighted by atomic mass is 32.1. The first-order chi connectivity index (χ1) is 13.0. The summed E-state index contributed by atoms with van der Waals surface area (Å²) in [7, 11) is 0. The first-order valence-corrected chi connectivity index (χ1v) is 8.77. The number of thiocarbonyl (C=S) groups is 1. The molecule has 7 heteroatoms. The Morgan fingerprint density at radius 1 is 1.07 bits per heavy atom. The molecule has 140 valence electrons. The molecule has 0 atom stereocenters. The van der Waals surface area contributed by atoms with Crippen LogP contribution in [0.5, 0.6) is 5.75 Å². The van der Waals surface area contributed by atoms with Crippen molar-refractivity contribution in [1.82, 2.24) is 5.32 Å². The van der Waals surface area contributed by atoms with Crippen molar-refractivity contribution in [3.05, 3.63) is 60.2 Å². The summed E-state index contributed by atoms with van der Waals surface area (Å²) in [4.78, 5) is 23.1. The van der Waals surface area contributed by atoms with Crippen LogP contribution in [-0.4, -0.2) is 23.5 Å². The van der Waals surface area contributed by atoms with Crippen LogP contribution in [0.25, 0.3) is 6.08 Å². The van der Waals surface area contributed by atoms with Gasteiger partial charge in [0.05, 0.1) is 6.61 Å². The van der Waals surface area contributed by atoms with Gasteiger partial charge in [-0.2, -0.15) is 0 Å². The molecular formula is C20H21N3O3S. The van der Waals surface area contributed by atoms with Crippen molar-refractivity contribution in [2.24, 2.45) is 0 Å². The van der Waals surface area contributed by atoms with Crippen LogP contribution < -0.4 is 20.7 Å². The van der Waals surface area contributed by atoms with Crippen molar-refractivity contribution < 1.29 is 14.3 Å². The zero-order chi connectivity index (χ0) is 19.6. The Balaban J connectivity index is 1.88. The summed E-state index contributed by atoms with van der Waals surface area (Å²) in [5, 5.41) is 8.32. The van der Waals surface area contributed by atoms with E-state index in [4.69, 9.17) is 17.0 Å². The van der Waals surface area contributed by atoms with Crippen molar-refractivity contribution in [2.45, 2.75) is 13.8 Å². The summed E-state index contributed by atoms with van der Waals surface area (Å²) in [6, 6.07) is 14.4. The van der Waals surface area contributed by atoms with E-state index in [2.05, 4.69) is 16.0 Å². The van der Waals surface area contributed by atoms with Crippen molar-refractivity contribution in [3.8, 4) is 5.75 Å². The first-order valence-electron chi connectivity index (χ1n) is 8.37. The fourth-order valence-electron chi connectivity index (χ4n) is 2.21. The highest BCUT2D eigenvalue weighted by Crippen LogP contribution is 2.15. The number of carbonyl (C=O) groups is 2. The number of ether oxygens (including phenoxy) is 1. The summed E-state index contributed by atoms with van der Waals surface area (Å²) in [6.07, 6.45) is 3.09. The van der Waals surface area contributed by atoms with E-state index in [0.717, 1.165) is 11.3 Å². The predicted octanol–water partition coefficient (Wildman–Crippen LogP) is 3.57. The Morgan fingerprint density at radius 2 is 1.74 bits per heavy atom. The van der Waals surface area contributed by atoms with Crippen molar-refractivity contribution in [1.29, 1.82) is 0 Å². The molecule has 2 aromatic carbocycles. The van der Waals surface area contributed by atoms with Gasteiger partial charge < -0.3 is 15.4 Å². The lowest BCUT2D eigenvalue weighted by atomic mass is 10.2. The van der Waals surface area contributed by atoms with Gasteiger partial charge in [0, 0.05) is 24.4 Å². The molecule has 0 aromatic heterocycles. The zero-order valence-corrected chi connectivity index (χ0v) is 15.9. The molecule has 2 rings (SSSR count). The van der Waals surface area contributed by atoms with Gasteiger partial charge >= 0.3 is 0 Å².